The minimum Gasteiger partial charge on any atom is -0.454 e. The lowest BCUT2D eigenvalue weighted by molar-refractivity contribution is -0.114. The van der Waals surface area contributed by atoms with Crippen molar-refractivity contribution in [1.82, 2.24) is 19.9 Å². The molecule has 1 unspecified atom stereocenters. The number of carbonyl (C=O) groups excluding carboxylic acids is 1. The van der Waals surface area contributed by atoms with Gasteiger partial charge in [0.15, 0.2) is 11.6 Å². The van der Waals surface area contributed by atoms with Gasteiger partial charge in [0.2, 0.25) is 0 Å². The largest absolute Gasteiger partial charge is 0.454 e. The number of hydrogen-bond acceptors (Lipinski definition) is 10. The summed E-state index contributed by atoms with van der Waals surface area (Å²) in [4.78, 5) is 30.0. The van der Waals surface area contributed by atoms with E-state index in [2.05, 4.69) is 30.7 Å². The Morgan fingerprint density at radius 2 is 2.02 bits per heavy atom. The summed E-state index contributed by atoms with van der Waals surface area (Å²) in [5.74, 6) is 0.718. The molecule has 0 spiro atoms. The lowest BCUT2D eigenvalue weighted by atomic mass is 10.0. The van der Waals surface area contributed by atoms with E-state index in [1.165, 1.54) is 18.5 Å². The van der Waals surface area contributed by atoms with Crippen molar-refractivity contribution in [1.29, 1.82) is 5.53 Å². The van der Waals surface area contributed by atoms with Crippen LogP contribution in [0, 0.1) is 17.3 Å². The Bertz CT molecular complexity index is 1660. The zero-order valence-corrected chi connectivity index (χ0v) is 23.1. The highest BCUT2D eigenvalue weighted by molar-refractivity contribution is 6.09. The van der Waals surface area contributed by atoms with Gasteiger partial charge in [-0.25, -0.2) is 24.9 Å². The zero-order valence-electron chi connectivity index (χ0n) is 23.1. The Hall–Kier alpha value is -4.97. The van der Waals surface area contributed by atoms with Gasteiger partial charge < -0.3 is 20.3 Å². The molecule has 0 radical (unpaired) electrons. The van der Waals surface area contributed by atoms with Crippen LogP contribution in [-0.4, -0.2) is 60.0 Å². The molecular formula is C29H30FN9O2. The van der Waals surface area contributed by atoms with Crippen molar-refractivity contribution in [2.24, 2.45) is 11.0 Å². The lowest BCUT2D eigenvalue weighted by Gasteiger charge is -2.16. The number of ether oxygens (including phenoxy) is 1. The van der Waals surface area contributed by atoms with Crippen LogP contribution in [0.4, 0.5) is 33.1 Å². The van der Waals surface area contributed by atoms with E-state index in [-0.39, 0.29) is 17.6 Å². The third-order valence-electron chi connectivity index (χ3n) is 6.72. The fourth-order valence-corrected chi connectivity index (χ4v) is 4.59. The van der Waals surface area contributed by atoms with Crippen molar-refractivity contribution >= 4 is 45.5 Å². The van der Waals surface area contributed by atoms with Crippen LogP contribution in [0.15, 0.2) is 71.8 Å². The molecule has 1 fully saturated rings. The zero-order chi connectivity index (χ0) is 29.1. The summed E-state index contributed by atoms with van der Waals surface area (Å²) >= 11 is 0. The summed E-state index contributed by atoms with van der Waals surface area (Å²) < 4.78 is 20.7. The Balaban J connectivity index is 1.38. The molecule has 1 amide bonds. The van der Waals surface area contributed by atoms with E-state index < -0.39 is 5.82 Å². The van der Waals surface area contributed by atoms with E-state index in [4.69, 9.17) is 10.3 Å². The SMILES string of the molecule is CNc1ccc(Oc2ccc(Nc3ncnc4cnc(N5CC(C)/C(=C\CN(C)C)C5=O)cc34)cc2F)cc1N=N. The van der Waals surface area contributed by atoms with Gasteiger partial charge in [-0.2, -0.15) is 5.11 Å². The van der Waals surface area contributed by atoms with Gasteiger partial charge in [0, 0.05) is 54.8 Å². The van der Waals surface area contributed by atoms with Crippen molar-refractivity contribution < 1.29 is 13.9 Å². The molecule has 12 heteroatoms. The van der Waals surface area contributed by atoms with Crippen molar-refractivity contribution in [2.75, 3.05) is 49.8 Å². The first-order valence-electron chi connectivity index (χ1n) is 13.0. The predicted molar refractivity (Wildman–Crippen MR) is 156 cm³/mol. The molecule has 41 heavy (non-hydrogen) atoms. The molecule has 1 aliphatic rings. The maximum atomic E-state index is 15.0. The van der Waals surface area contributed by atoms with Gasteiger partial charge in [-0.3, -0.25) is 9.69 Å². The van der Waals surface area contributed by atoms with Gasteiger partial charge in [0.25, 0.3) is 5.91 Å². The summed E-state index contributed by atoms with van der Waals surface area (Å²) in [7, 11) is 5.64. The Morgan fingerprint density at radius 1 is 1.20 bits per heavy atom. The molecule has 5 rings (SSSR count). The summed E-state index contributed by atoms with van der Waals surface area (Å²) in [6.07, 6.45) is 4.97. The smallest absolute Gasteiger partial charge is 0.255 e. The first-order chi connectivity index (χ1) is 19.8. The Kier molecular flexibility index (Phi) is 7.83. The fraction of sp³-hybridized carbons (Fsp3) is 0.241. The van der Waals surface area contributed by atoms with Gasteiger partial charge in [0.1, 0.15) is 29.4 Å². The van der Waals surface area contributed by atoms with Crippen LogP contribution in [0.5, 0.6) is 11.5 Å². The van der Waals surface area contributed by atoms with E-state index in [0.29, 0.717) is 58.4 Å². The van der Waals surface area contributed by atoms with Gasteiger partial charge >= 0.3 is 0 Å². The first kappa shape index (κ1) is 27.6. The van der Waals surface area contributed by atoms with E-state index in [9.17, 15) is 4.79 Å². The third-order valence-corrected chi connectivity index (χ3v) is 6.72. The number of halogens is 1. The number of pyridine rings is 1. The van der Waals surface area contributed by atoms with Crippen LogP contribution in [0.1, 0.15) is 6.92 Å². The molecule has 4 aromatic rings. The fourth-order valence-electron chi connectivity index (χ4n) is 4.59. The second-order valence-electron chi connectivity index (χ2n) is 9.93. The van der Waals surface area contributed by atoms with Crippen molar-refractivity contribution in [3.05, 3.63) is 72.5 Å². The molecule has 1 atom stereocenters. The number of hydrogen-bond donors (Lipinski definition) is 3. The monoisotopic (exact) mass is 555 g/mol. The molecule has 1 aliphatic heterocycles. The molecule has 0 bridgehead atoms. The summed E-state index contributed by atoms with van der Waals surface area (Å²) in [6.45, 7) is 3.23. The van der Waals surface area contributed by atoms with Crippen LogP contribution < -0.4 is 20.3 Å². The number of amides is 1. The molecular weight excluding hydrogens is 525 g/mol. The maximum absolute atomic E-state index is 15.0. The summed E-state index contributed by atoms with van der Waals surface area (Å²) in [5.41, 5.74) is 10.2. The number of carbonyl (C=O) groups is 1. The van der Waals surface area contributed by atoms with E-state index >= 15 is 4.39 Å². The van der Waals surface area contributed by atoms with Crippen LogP contribution in [0.25, 0.3) is 10.9 Å². The quantitative estimate of drug-likeness (QED) is 0.172. The standard InChI is InChI=1S/C29H30FN9O2/c1-17-15-39(29(40)20(17)9-10-38(3)4)27-13-21-25(14-33-27)34-16-35-28(21)36-18-5-8-26(22(30)11-18)41-19-6-7-23(32-2)24(12-19)37-31/h5-9,11-14,16-17,31-32H,10,15H2,1-4H3,(H,34,35,36)/b20-9+,37-31?. The van der Waals surface area contributed by atoms with Crippen LogP contribution >= 0.6 is 0 Å². The number of aromatic nitrogens is 3. The first-order valence-corrected chi connectivity index (χ1v) is 13.0. The molecule has 0 aliphatic carbocycles. The number of nitrogens with zero attached hydrogens (tertiary/aromatic N) is 6. The number of fused-ring (bicyclic) bond motifs is 1. The van der Waals surface area contributed by atoms with E-state index in [0.717, 1.165) is 5.57 Å². The average Bonchev–Trinajstić information content (AvgIpc) is 3.25. The summed E-state index contributed by atoms with van der Waals surface area (Å²) in [6, 6.07) is 11.2. The maximum Gasteiger partial charge on any atom is 0.255 e. The molecule has 11 nitrogen and oxygen atoms in total. The minimum absolute atomic E-state index is 0.0162. The van der Waals surface area contributed by atoms with Crippen LogP contribution in [-0.2, 0) is 4.79 Å². The normalized spacial score (nSPS) is 16.0. The molecule has 2 aromatic heterocycles. The third kappa shape index (κ3) is 5.82. The van der Waals surface area contributed by atoms with Crippen LogP contribution in [0.3, 0.4) is 0 Å². The summed E-state index contributed by atoms with van der Waals surface area (Å²) in [5, 5.41) is 10.2. The van der Waals surface area contributed by atoms with E-state index in [1.807, 2.05) is 32.0 Å². The van der Waals surface area contributed by atoms with Crippen molar-refractivity contribution in [3.63, 3.8) is 0 Å². The van der Waals surface area contributed by atoms with Gasteiger partial charge in [-0.1, -0.05) is 13.0 Å². The van der Waals surface area contributed by atoms with Crippen LogP contribution in [0.2, 0.25) is 0 Å². The molecule has 3 heterocycles. The highest BCUT2D eigenvalue weighted by Gasteiger charge is 2.34. The lowest BCUT2D eigenvalue weighted by Crippen LogP contribution is -2.26. The second-order valence-corrected chi connectivity index (χ2v) is 9.93. The van der Waals surface area contributed by atoms with Crippen molar-refractivity contribution in [2.45, 2.75) is 6.92 Å². The highest BCUT2D eigenvalue weighted by atomic mass is 19.1. The molecule has 0 saturated carbocycles. The second kappa shape index (κ2) is 11.6. The minimum atomic E-state index is -0.591. The number of benzene rings is 2. The average molecular weight is 556 g/mol. The molecule has 2 aromatic carbocycles. The molecule has 210 valence electrons. The number of anilines is 4. The predicted octanol–water partition coefficient (Wildman–Crippen LogP) is 5.87. The Labute approximate surface area is 236 Å². The van der Waals surface area contributed by atoms with Gasteiger partial charge in [-0.15, -0.1) is 0 Å². The number of nitrogens with one attached hydrogen (secondary N) is 3. The number of rotatable bonds is 9. The Morgan fingerprint density at radius 3 is 2.76 bits per heavy atom. The van der Waals surface area contributed by atoms with Gasteiger partial charge in [0.05, 0.1) is 17.4 Å². The van der Waals surface area contributed by atoms with Gasteiger partial charge in [-0.05, 0) is 44.4 Å². The number of likely N-dealkylation sites (N-methyl/N-ethyl adjacent to an activating group) is 1. The molecule has 3 N–H and O–H groups in total. The van der Waals surface area contributed by atoms with Crippen molar-refractivity contribution in [3.8, 4) is 11.5 Å². The topological polar surface area (TPSA) is 132 Å². The van der Waals surface area contributed by atoms with E-state index in [1.54, 1.807) is 48.5 Å². The molecule has 1 saturated heterocycles. The highest BCUT2D eigenvalue weighted by Crippen LogP contribution is 2.35.